The van der Waals surface area contributed by atoms with Crippen LogP contribution in [0.3, 0.4) is 0 Å². The lowest BCUT2D eigenvalue weighted by Gasteiger charge is -2.12. The summed E-state index contributed by atoms with van der Waals surface area (Å²) in [7, 11) is -3.83. The van der Waals surface area contributed by atoms with Crippen LogP contribution in [0.15, 0.2) is 83.9 Å². The van der Waals surface area contributed by atoms with Crippen molar-refractivity contribution < 1.29 is 13.3 Å². The second-order valence-corrected chi connectivity index (χ2v) is 8.13. The van der Waals surface area contributed by atoms with Crippen LogP contribution in [0.4, 0.5) is 17.2 Å². The summed E-state index contributed by atoms with van der Waals surface area (Å²) in [5.41, 5.74) is 2.06. The van der Waals surface area contributed by atoms with E-state index >= 15 is 0 Å². The highest BCUT2D eigenvalue weighted by Crippen LogP contribution is 2.34. The highest BCUT2D eigenvalue weighted by Gasteiger charge is 2.13. The summed E-state index contributed by atoms with van der Waals surface area (Å²) in [5, 5.41) is 21.1. The molecule has 9 heteroatoms. The number of non-ortho nitro benzene ring substituents is 1. The Bertz CT molecular complexity index is 1390. The van der Waals surface area contributed by atoms with Crippen molar-refractivity contribution in [3.8, 4) is 11.1 Å². The SMILES string of the molecule is NS(=O)(=O)c1cccc(Nc2nccc3c(-c4cccc([N+](=O)[O-])c4)cccc23)c1. The van der Waals surface area contributed by atoms with Crippen LogP contribution in [-0.2, 0) is 10.0 Å². The van der Waals surface area contributed by atoms with Gasteiger partial charge in [-0.3, -0.25) is 10.1 Å². The molecule has 0 aliphatic carbocycles. The second kappa shape index (κ2) is 7.54. The summed E-state index contributed by atoms with van der Waals surface area (Å²) in [5.74, 6) is 0.520. The molecule has 0 atom stereocenters. The lowest BCUT2D eigenvalue weighted by Crippen LogP contribution is -2.12. The lowest BCUT2D eigenvalue weighted by molar-refractivity contribution is -0.384. The van der Waals surface area contributed by atoms with Crippen LogP contribution >= 0.6 is 0 Å². The number of aromatic nitrogens is 1. The summed E-state index contributed by atoms with van der Waals surface area (Å²) < 4.78 is 23.2. The molecule has 0 amide bonds. The van der Waals surface area contributed by atoms with Crippen molar-refractivity contribution in [1.82, 2.24) is 4.98 Å². The Balaban J connectivity index is 1.80. The molecule has 150 valence electrons. The van der Waals surface area contributed by atoms with Crippen molar-refractivity contribution >= 4 is 38.0 Å². The van der Waals surface area contributed by atoms with Crippen molar-refractivity contribution in [2.24, 2.45) is 5.14 Å². The number of fused-ring (bicyclic) bond motifs is 1. The smallest absolute Gasteiger partial charge is 0.270 e. The van der Waals surface area contributed by atoms with E-state index in [1.54, 1.807) is 24.4 Å². The summed E-state index contributed by atoms with van der Waals surface area (Å²) >= 11 is 0. The van der Waals surface area contributed by atoms with Crippen LogP contribution in [-0.4, -0.2) is 18.3 Å². The second-order valence-electron chi connectivity index (χ2n) is 6.57. The molecule has 0 fully saturated rings. The first-order valence-electron chi connectivity index (χ1n) is 8.85. The molecule has 4 aromatic rings. The minimum Gasteiger partial charge on any atom is -0.340 e. The number of anilines is 2. The predicted octanol–water partition coefficient (Wildman–Crippen LogP) is 4.20. The van der Waals surface area contributed by atoms with Gasteiger partial charge >= 0.3 is 0 Å². The van der Waals surface area contributed by atoms with E-state index in [0.717, 1.165) is 16.3 Å². The number of nitro groups is 1. The maximum atomic E-state index is 11.6. The van der Waals surface area contributed by atoms with Gasteiger partial charge in [0, 0.05) is 29.4 Å². The molecule has 0 unspecified atom stereocenters. The maximum Gasteiger partial charge on any atom is 0.270 e. The van der Waals surface area contributed by atoms with Gasteiger partial charge in [-0.05, 0) is 40.8 Å². The molecule has 1 aromatic heterocycles. The topological polar surface area (TPSA) is 128 Å². The third-order valence-corrected chi connectivity index (χ3v) is 5.51. The Kier molecular flexibility index (Phi) is 4.90. The van der Waals surface area contributed by atoms with Crippen LogP contribution < -0.4 is 10.5 Å². The molecule has 0 aliphatic heterocycles. The van der Waals surface area contributed by atoms with Gasteiger partial charge in [0.15, 0.2) is 0 Å². The third kappa shape index (κ3) is 3.84. The van der Waals surface area contributed by atoms with Crippen LogP contribution in [0.1, 0.15) is 0 Å². The molecule has 30 heavy (non-hydrogen) atoms. The van der Waals surface area contributed by atoms with E-state index in [0.29, 0.717) is 17.1 Å². The number of nitrogens with zero attached hydrogens (tertiary/aromatic N) is 2. The molecule has 4 rings (SSSR count). The van der Waals surface area contributed by atoms with Gasteiger partial charge in [0.2, 0.25) is 10.0 Å². The fourth-order valence-electron chi connectivity index (χ4n) is 3.23. The quantitative estimate of drug-likeness (QED) is 0.368. The Hall–Kier alpha value is -3.82. The van der Waals surface area contributed by atoms with Crippen LogP contribution in [0.5, 0.6) is 0 Å². The zero-order chi connectivity index (χ0) is 21.3. The summed E-state index contributed by atoms with van der Waals surface area (Å²) in [6, 6.07) is 20.0. The molecule has 0 saturated carbocycles. The van der Waals surface area contributed by atoms with E-state index in [2.05, 4.69) is 10.3 Å². The molecular formula is C21H16N4O4S. The molecule has 0 bridgehead atoms. The van der Waals surface area contributed by atoms with Crippen molar-refractivity contribution in [3.63, 3.8) is 0 Å². The minimum absolute atomic E-state index is 0.00924. The monoisotopic (exact) mass is 420 g/mol. The number of hydrogen-bond acceptors (Lipinski definition) is 6. The first-order chi connectivity index (χ1) is 14.3. The van der Waals surface area contributed by atoms with E-state index < -0.39 is 14.9 Å². The van der Waals surface area contributed by atoms with Gasteiger partial charge in [0.05, 0.1) is 9.82 Å². The van der Waals surface area contributed by atoms with Gasteiger partial charge in [0.1, 0.15) is 5.82 Å². The zero-order valence-electron chi connectivity index (χ0n) is 15.5. The third-order valence-electron chi connectivity index (χ3n) is 4.60. The molecule has 3 N–H and O–H groups in total. The van der Waals surface area contributed by atoms with Crippen LogP contribution in [0.25, 0.3) is 21.9 Å². The predicted molar refractivity (Wildman–Crippen MR) is 115 cm³/mol. The Morgan fingerprint density at radius 1 is 0.933 bits per heavy atom. The number of benzene rings is 3. The fourth-order valence-corrected chi connectivity index (χ4v) is 3.79. The number of pyridine rings is 1. The highest BCUT2D eigenvalue weighted by molar-refractivity contribution is 7.89. The van der Waals surface area contributed by atoms with Gasteiger partial charge in [-0.1, -0.05) is 36.4 Å². The van der Waals surface area contributed by atoms with E-state index in [4.69, 9.17) is 5.14 Å². The van der Waals surface area contributed by atoms with E-state index in [1.165, 1.54) is 24.3 Å². The molecule has 0 aliphatic rings. The average Bonchev–Trinajstić information content (AvgIpc) is 2.73. The van der Waals surface area contributed by atoms with Crippen molar-refractivity contribution in [2.75, 3.05) is 5.32 Å². The van der Waals surface area contributed by atoms with E-state index in [1.807, 2.05) is 30.3 Å². The Morgan fingerprint density at radius 2 is 1.70 bits per heavy atom. The zero-order valence-corrected chi connectivity index (χ0v) is 16.3. The largest absolute Gasteiger partial charge is 0.340 e. The number of hydrogen-bond donors (Lipinski definition) is 2. The van der Waals surface area contributed by atoms with Gasteiger partial charge < -0.3 is 5.32 Å². The van der Waals surface area contributed by atoms with E-state index in [9.17, 15) is 18.5 Å². The number of nitrogens with two attached hydrogens (primary N) is 1. The number of nitro benzene ring substituents is 1. The van der Waals surface area contributed by atoms with Gasteiger partial charge in [-0.2, -0.15) is 0 Å². The Labute approximate surface area is 172 Å². The number of nitrogens with one attached hydrogen (secondary N) is 1. The molecular weight excluding hydrogens is 404 g/mol. The molecule has 0 radical (unpaired) electrons. The molecule has 0 saturated heterocycles. The Morgan fingerprint density at radius 3 is 2.47 bits per heavy atom. The normalized spacial score (nSPS) is 11.4. The van der Waals surface area contributed by atoms with Gasteiger partial charge in [-0.15, -0.1) is 0 Å². The highest BCUT2D eigenvalue weighted by atomic mass is 32.2. The van der Waals surface area contributed by atoms with Crippen molar-refractivity contribution in [3.05, 3.63) is 89.1 Å². The maximum absolute atomic E-state index is 11.6. The first kappa shape index (κ1) is 19.5. The van der Waals surface area contributed by atoms with Gasteiger partial charge in [-0.25, -0.2) is 18.5 Å². The van der Waals surface area contributed by atoms with Crippen molar-refractivity contribution in [2.45, 2.75) is 4.90 Å². The van der Waals surface area contributed by atoms with Crippen molar-refractivity contribution in [1.29, 1.82) is 0 Å². The minimum atomic E-state index is -3.83. The lowest BCUT2D eigenvalue weighted by atomic mass is 9.98. The summed E-state index contributed by atoms with van der Waals surface area (Å²) in [4.78, 5) is 15.1. The standard InChI is InChI=1S/C21H16N4O4S/c22-30(28,29)17-7-2-5-15(13-17)24-21-20-9-3-8-18(19(20)10-11-23-21)14-4-1-6-16(12-14)25(26)27/h1-13H,(H,23,24)(H2,22,28,29). The first-order valence-corrected chi connectivity index (χ1v) is 10.4. The van der Waals surface area contributed by atoms with E-state index in [-0.39, 0.29) is 10.6 Å². The summed E-state index contributed by atoms with van der Waals surface area (Å²) in [6.45, 7) is 0. The molecule has 3 aromatic carbocycles. The van der Waals surface area contributed by atoms with Gasteiger partial charge in [0.25, 0.3) is 5.69 Å². The number of primary sulfonamides is 1. The number of rotatable bonds is 5. The van der Waals surface area contributed by atoms with Crippen LogP contribution in [0.2, 0.25) is 0 Å². The average molecular weight is 420 g/mol. The fraction of sp³-hybridized carbons (Fsp3) is 0. The molecule has 1 heterocycles. The molecule has 8 nitrogen and oxygen atoms in total. The van der Waals surface area contributed by atoms with Crippen LogP contribution in [0, 0.1) is 10.1 Å². The number of sulfonamides is 1. The molecule has 0 spiro atoms. The summed E-state index contributed by atoms with van der Waals surface area (Å²) in [6.07, 6.45) is 1.62.